The molecule has 1 aromatic carbocycles. The minimum Gasteiger partial charge on any atom is -0.465 e. The molecule has 2 aromatic heterocycles. The molecule has 280 valence electrons. The Kier molecular flexibility index (Phi) is 11.1. The van der Waals surface area contributed by atoms with Crippen LogP contribution in [0.4, 0.5) is 19.4 Å². The van der Waals surface area contributed by atoms with Gasteiger partial charge in [0, 0.05) is 43.2 Å². The van der Waals surface area contributed by atoms with Gasteiger partial charge in [0.05, 0.1) is 41.6 Å². The number of unbranched alkanes of at least 4 members (excludes halogenated alkanes) is 2. The van der Waals surface area contributed by atoms with Gasteiger partial charge in [0.1, 0.15) is 27.6 Å². The normalized spacial score (nSPS) is 19.6. The Morgan fingerprint density at radius 2 is 1.87 bits per heavy atom. The average molecular weight is 743 g/mol. The molecular weight excluding hydrogens is 698 g/mol. The van der Waals surface area contributed by atoms with E-state index in [1.807, 2.05) is 0 Å². The first-order valence-corrected chi connectivity index (χ1v) is 19.6. The van der Waals surface area contributed by atoms with Crippen LogP contribution in [0.3, 0.4) is 0 Å². The predicted molar refractivity (Wildman–Crippen MR) is 188 cm³/mol. The van der Waals surface area contributed by atoms with Gasteiger partial charge >= 0.3 is 6.09 Å². The lowest BCUT2D eigenvalue weighted by atomic mass is 9.77. The molecular formula is C36H44F2N6O7S. The number of nitrogens with one attached hydrogen (secondary N) is 1. The van der Waals surface area contributed by atoms with Crippen molar-refractivity contribution in [2.24, 2.45) is 5.92 Å². The Morgan fingerprint density at radius 3 is 2.56 bits per heavy atom. The standard InChI is InChI=1S/C36H44F2N6O7S/c1-24(26-6-5-7-27(18-26)36(37,38)10-9-25-20-43(21-25)34(46)47)42-31-28-19-29(35(22-39)11-16-52(48,49)17-12-35)33(45)44(32(28)41-23-40-31)13-4-2-3-8-30-50-14-15-51-30/h5-7,18-19,23-25,30H,2-4,8-17,20-21H2,1H3,(H,46,47)(H,40,41,42). The summed E-state index contributed by atoms with van der Waals surface area (Å²) >= 11 is 0. The maximum Gasteiger partial charge on any atom is 0.407 e. The Morgan fingerprint density at radius 1 is 1.13 bits per heavy atom. The summed E-state index contributed by atoms with van der Waals surface area (Å²) in [6.07, 6.45) is 2.78. The largest absolute Gasteiger partial charge is 0.465 e. The Labute approximate surface area is 300 Å². The SMILES string of the molecule is CC(Nc1ncnc2c1cc(C1(C#N)CCS(=O)(=O)CC1)c(=O)n2CCCCCC1OCCO1)c1cccc(C(F)(F)CCC2CN(C(=O)O)C2)c1. The topological polar surface area (TPSA) is 177 Å². The van der Waals surface area contributed by atoms with E-state index >= 15 is 8.78 Å². The third-order valence-electron chi connectivity index (χ3n) is 10.6. The van der Waals surface area contributed by atoms with Crippen LogP contribution in [0.2, 0.25) is 0 Å². The number of nitriles is 1. The molecule has 52 heavy (non-hydrogen) atoms. The van der Waals surface area contributed by atoms with Gasteiger partial charge in [-0.05, 0) is 69.1 Å². The first kappa shape index (κ1) is 37.6. The molecule has 0 bridgehead atoms. The molecule has 16 heteroatoms. The summed E-state index contributed by atoms with van der Waals surface area (Å²) < 4.78 is 68.0. The number of likely N-dealkylation sites (tertiary alicyclic amines) is 1. The van der Waals surface area contributed by atoms with Crippen LogP contribution >= 0.6 is 0 Å². The fourth-order valence-electron chi connectivity index (χ4n) is 7.27. The van der Waals surface area contributed by atoms with E-state index in [-0.39, 0.29) is 67.2 Å². The van der Waals surface area contributed by atoms with Gasteiger partial charge in [-0.1, -0.05) is 24.6 Å². The number of aromatic nitrogens is 3. The lowest BCUT2D eigenvalue weighted by Gasteiger charge is -2.37. The van der Waals surface area contributed by atoms with Gasteiger partial charge in [-0.3, -0.25) is 9.36 Å². The van der Waals surface area contributed by atoms with Crippen LogP contribution in [0.1, 0.15) is 81.0 Å². The highest BCUT2D eigenvalue weighted by atomic mass is 32.2. The lowest BCUT2D eigenvalue weighted by Crippen LogP contribution is -2.49. The van der Waals surface area contributed by atoms with E-state index in [1.165, 1.54) is 27.9 Å². The highest BCUT2D eigenvalue weighted by molar-refractivity contribution is 7.91. The van der Waals surface area contributed by atoms with Crippen molar-refractivity contribution in [3.8, 4) is 6.07 Å². The second-order valence-corrected chi connectivity index (χ2v) is 16.4. The van der Waals surface area contributed by atoms with E-state index in [0.29, 0.717) is 48.6 Å². The molecule has 0 saturated carbocycles. The fraction of sp³-hybridized carbons (Fsp3) is 0.583. The third-order valence-corrected chi connectivity index (χ3v) is 12.2. The molecule has 3 aromatic rings. The van der Waals surface area contributed by atoms with Crippen LogP contribution in [0.15, 0.2) is 41.5 Å². The molecule has 13 nitrogen and oxygen atoms in total. The molecule has 5 heterocycles. The van der Waals surface area contributed by atoms with Crippen molar-refractivity contribution in [3.63, 3.8) is 0 Å². The zero-order valence-electron chi connectivity index (χ0n) is 29.1. The van der Waals surface area contributed by atoms with Crippen molar-refractivity contribution in [1.29, 1.82) is 5.26 Å². The van der Waals surface area contributed by atoms with Crippen LogP contribution < -0.4 is 10.9 Å². The molecule has 3 aliphatic heterocycles. The summed E-state index contributed by atoms with van der Waals surface area (Å²) in [5.41, 5.74) is -0.767. The number of hydrogen-bond acceptors (Lipinski definition) is 10. The van der Waals surface area contributed by atoms with Crippen LogP contribution in [0.5, 0.6) is 0 Å². The van der Waals surface area contributed by atoms with Crippen LogP contribution in [-0.4, -0.2) is 83.2 Å². The van der Waals surface area contributed by atoms with E-state index in [0.717, 1.165) is 19.3 Å². The number of rotatable bonds is 14. The smallest absolute Gasteiger partial charge is 0.407 e. The molecule has 3 saturated heterocycles. The molecule has 1 amide bonds. The minimum atomic E-state index is -3.34. The zero-order chi connectivity index (χ0) is 37.1. The van der Waals surface area contributed by atoms with Crippen molar-refractivity contribution in [2.75, 3.05) is 43.1 Å². The summed E-state index contributed by atoms with van der Waals surface area (Å²) in [7, 11) is -3.34. The highest BCUT2D eigenvalue weighted by Gasteiger charge is 2.42. The van der Waals surface area contributed by atoms with Gasteiger partial charge in [-0.15, -0.1) is 0 Å². The van der Waals surface area contributed by atoms with Gasteiger partial charge in [-0.25, -0.2) is 32.0 Å². The first-order valence-electron chi connectivity index (χ1n) is 17.8. The molecule has 3 aliphatic rings. The maximum atomic E-state index is 15.4. The number of ether oxygens (including phenoxy) is 2. The lowest BCUT2D eigenvalue weighted by molar-refractivity contribution is -0.0480. The number of pyridine rings is 1. The molecule has 0 radical (unpaired) electrons. The summed E-state index contributed by atoms with van der Waals surface area (Å²) in [6, 6.07) is 9.49. The average Bonchev–Trinajstić information content (AvgIpc) is 3.62. The quantitative estimate of drug-likeness (QED) is 0.204. The fourth-order valence-corrected chi connectivity index (χ4v) is 8.79. The number of halogens is 2. The number of anilines is 1. The number of fused-ring (bicyclic) bond motifs is 1. The van der Waals surface area contributed by atoms with Crippen molar-refractivity contribution in [2.45, 2.75) is 88.5 Å². The molecule has 3 fully saturated rings. The van der Waals surface area contributed by atoms with Crippen LogP contribution in [0, 0.1) is 17.2 Å². The van der Waals surface area contributed by atoms with Gasteiger partial charge in [0.2, 0.25) is 0 Å². The van der Waals surface area contributed by atoms with Crippen LogP contribution in [-0.2, 0) is 37.2 Å². The number of hydrogen-bond donors (Lipinski definition) is 2. The van der Waals surface area contributed by atoms with Gasteiger partial charge in [0.15, 0.2) is 6.29 Å². The number of aryl methyl sites for hydroxylation is 1. The van der Waals surface area contributed by atoms with E-state index in [2.05, 4.69) is 21.4 Å². The molecule has 1 atom stereocenters. The second kappa shape index (κ2) is 15.4. The summed E-state index contributed by atoms with van der Waals surface area (Å²) in [4.78, 5) is 35.4. The maximum absolute atomic E-state index is 15.4. The van der Waals surface area contributed by atoms with E-state index in [9.17, 15) is 23.3 Å². The van der Waals surface area contributed by atoms with Gasteiger partial charge in [0.25, 0.3) is 11.5 Å². The Hall–Kier alpha value is -4.20. The van der Waals surface area contributed by atoms with E-state index in [1.54, 1.807) is 25.1 Å². The monoisotopic (exact) mass is 742 g/mol. The predicted octanol–water partition coefficient (Wildman–Crippen LogP) is 5.35. The molecule has 0 aliphatic carbocycles. The Bertz CT molecular complexity index is 1980. The summed E-state index contributed by atoms with van der Waals surface area (Å²) in [6.45, 7) is 3.77. The van der Waals surface area contributed by atoms with E-state index < -0.39 is 45.3 Å². The first-order chi connectivity index (χ1) is 24.8. The van der Waals surface area contributed by atoms with Crippen LogP contribution in [0.25, 0.3) is 11.0 Å². The summed E-state index contributed by atoms with van der Waals surface area (Å²) in [5.74, 6) is -3.30. The number of benzene rings is 1. The van der Waals surface area contributed by atoms with Crippen molar-refractivity contribution >= 4 is 32.8 Å². The van der Waals surface area contributed by atoms with Crippen molar-refractivity contribution in [3.05, 3.63) is 63.7 Å². The third kappa shape index (κ3) is 8.21. The zero-order valence-corrected chi connectivity index (χ0v) is 29.9. The number of nitrogens with zero attached hydrogens (tertiary/aromatic N) is 5. The minimum absolute atomic E-state index is 0.0135. The molecule has 2 N–H and O–H groups in total. The molecule has 6 rings (SSSR count). The number of sulfone groups is 1. The number of alkyl halides is 2. The number of carbonyl (C=O) groups is 1. The molecule has 0 spiro atoms. The number of carboxylic acid groups (broad SMARTS) is 1. The van der Waals surface area contributed by atoms with Crippen molar-refractivity contribution in [1.82, 2.24) is 19.4 Å². The second-order valence-electron chi connectivity index (χ2n) is 14.1. The van der Waals surface area contributed by atoms with Crippen molar-refractivity contribution < 1.29 is 36.6 Å². The van der Waals surface area contributed by atoms with Gasteiger partial charge < -0.3 is 24.8 Å². The van der Waals surface area contributed by atoms with E-state index in [4.69, 9.17) is 14.6 Å². The number of amides is 1. The summed E-state index contributed by atoms with van der Waals surface area (Å²) in [5, 5.41) is 23.2. The Balaban J connectivity index is 1.26. The highest BCUT2D eigenvalue weighted by Crippen LogP contribution is 2.39. The van der Waals surface area contributed by atoms with Gasteiger partial charge in [-0.2, -0.15) is 5.26 Å². The molecule has 1 unspecified atom stereocenters.